The summed E-state index contributed by atoms with van der Waals surface area (Å²) in [4.78, 5) is 23.6. The molecule has 4 rings (SSSR count). The molecule has 2 aliphatic rings. The fraction of sp³-hybridized carbons (Fsp3) is 0.333. The van der Waals surface area contributed by atoms with E-state index in [1.54, 1.807) is 0 Å². The number of sulfone groups is 1. The zero-order valence-corrected chi connectivity index (χ0v) is 17.9. The van der Waals surface area contributed by atoms with Gasteiger partial charge in [0.1, 0.15) is 5.60 Å². The first kappa shape index (κ1) is 22.8. The summed E-state index contributed by atoms with van der Waals surface area (Å²) in [5.41, 5.74) is -2.26. The minimum atomic E-state index is -4.13. The van der Waals surface area contributed by atoms with Crippen molar-refractivity contribution >= 4 is 39.3 Å². The third kappa shape index (κ3) is 3.60. The molecular weight excluding hydrogens is 471 g/mol. The number of carbonyl (C=O) groups is 2. The van der Waals surface area contributed by atoms with E-state index in [9.17, 15) is 36.3 Å². The number of amides is 1. The Hall–Kier alpha value is -2.43. The van der Waals surface area contributed by atoms with Crippen molar-refractivity contribution in [3.8, 4) is 0 Å². The average molecular weight is 488 g/mol. The number of rotatable bonds is 5. The summed E-state index contributed by atoms with van der Waals surface area (Å²) in [6, 6.07) is 4.61. The van der Waals surface area contributed by atoms with E-state index in [2.05, 4.69) is 5.32 Å². The van der Waals surface area contributed by atoms with Crippen molar-refractivity contribution in [1.82, 2.24) is 0 Å². The van der Waals surface area contributed by atoms with E-state index in [1.807, 2.05) is 0 Å². The molecule has 0 radical (unpaired) electrons. The number of benzene rings is 2. The average Bonchev–Trinajstić information content (AvgIpc) is 3.28. The maximum Gasteiger partial charge on any atom is 0.255 e. The van der Waals surface area contributed by atoms with Gasteiger partial charge >= 0.3 is 0 Å². The van der Waals surface area contributed by atoms with E-state index in [-0.39, 0.29) is 27.6 Å². The van der Waals surface area contributed by atoms with Crippen LogP contribution in [0, 0.1) is 29.3 Å². The van der Waals surface area contributed by atoms with Crippen molar-refractivity contribution in [1.29, 1.82) is 0 Å². The largest absolute Gasteiger partial charge is 0.382 e. The van der Waals surface area contributed by atoms with Crippen LogP contribution >= 0.6 is 11.6 Å². The van der Waals surface area contributed by atoms with Crippen LogP contribution in [0.25, 0.3) is 0 Å². The van der Waals surface area contributed by atoms with Gasteiger partial charge < -0.3 is 15.2 Å². The van der Waals surface area contributed by atoms with Gasteiger partial charge in [0.15, 0.2) is 33.6 Å². The fourth-order valence-electron chi connectivity index (χ4n) is 4.82. The second kappa shape index (κ2) is 7.86. The summed E-state index contributed by atoms with van der Waals surface area (Å²) in [6.07, 6.45) is 1.31. The number of fused-ring (bicyclic) bond motifs is 2. The number of nitrogens with one attached hydrogen (secondary N) is 1. The lowest BCUT2D eigenvalue weighted by Gasteiger charge is -2.26. The Kier molecular flexibility index (Phi) is 5.59. The van der Waals surface area contributed by atoms with Crippen LogP contribution in [0.15, 0.2) is 35.2 Å². The third-order valence-electron chi connectivity index (χ3n) is 6.24. The van der Waals surface area contributed by atoms with Crippen LogP contribution in [0.3, 0.4) is 0 Å². The maximum absolute atomic E-state index is 13.4. The van der Waals surface area contributed by atoms with Crippen molar-refractivity contribution in [3.05, 3.63) is 58.4 Å². The minimum absolute atomic E-state index is 0.0323. The number of anilines is 1. The molecule has 170 valence electrons. The third-order valence-corrected chi connectivity index (χ3v) is 9.07. The van der Waals surface area contributed by atoms with Crippen molar-refractivity contribution < 1.29 is 36.3 Å². The van der Waals surface area contributed by atoms with Crippen molar-refractivity contribution in [3.63, 3.8) is 0 Å². The number of halogens is 4. The first-order valence-electron chi connectivity index (χ1n) is 9.66. The first-order valence-corrected chi connectivity index (χ1v) is 11.6. The fourth-order valence-corrected chi connectivity index (χ4v) is 7.73. The van der Waals surface area contributed by atoms with Gasteiger partial charge in [-0.1, -0.05) is 11.6 Å². The van der Waals surface area contributed by atoms with E-state index < -0.39 is 55.9 Å². The lowest BCUT2D eigenvalue weighted by molar-refractivity contribution is -0.128. The zero-order valence-electron chi connectivity index (χ0n) is 16.3. The predicted molar refractivity (Wildman–Crippen MR) is 109 cm³/mol. The molecule has 2 N–H and O–H groups in total. The monoisotopic (exact) mass is 487 g/mol. The highest BCUT2D eigenvalue weighted by Crippen LogP contribution is 2.54. The van der Waals surface area contributed by atoms with Crippen molar-refractivity contribution in [2.45, 2.75) is 35.0 Å². The molecule has 2 fully saturated rings. The number of carbonyl (C=O) groups excluding carboxylic acids is 2. The number of hydrogen-bond donors (Lipinski definition) is 2. The van der Waals surface area contributed by atoms with Gasteiger partial charge in [-0.15, -0.1) is 0 Å². The smallest absolute Gasteiger partial charge is 0.255 e. The molecule has 6 nitrogen and oxygen atoms in total. The Morgan fingerprint density at radius 1 is 1.16 bits per heavy atom. The molecular formula is C21H17ClF3NO5S. The lowest BCUT2D eigenvalue weighted by Crippen LogP contribution is -2.40. The molecule has 2 aliphatic carbocycles. The maximum atomic E-state index is 13.4. The highest BCUT2D eigenvalue weighted by Gasteiger charge is 2.61. The van der Waals surface area contributed by atoms with E-state index in [1.165, 1.54) is 12.1 Å². The van der Waals surface area contributed by atoms with Gasteiger partial charge in [-0.25, -0.2) is 21.6 Å². The normalized spacial score (nSPS) is 26.8. The summed E-state index contributed by atoms with van der Waals surface area (Å²) in [5.74, 6) is -6.81. The molecule has 2 bridgehead atoms. The molecule has 2 unspecified atom stereocenters. The molecule has 2 aromatic rings. The summed E-state index contributed by atoms with van der Waals surface area (Å²) in [7, 11) is -4.13. The minimum Gasteiger partial charge on any atom is -0.382 e. The Bertz CT molecular complexity index is 1210. The van der Waals surface area contributed by atoms with Crippen LogP contribution in [0.1, 0.15) is 29.6 Å². The van der Waals surface area contributed by atoms with E-state index in [0.29, 0.717) is 31.3 Å². The van der Waals surface area contributed by atoms with E-state index >= 15 is 0 Å². The van der Waals surface area contributed by atoms with Crippen LogP contribution in [0.4, 0.5) is 18.9 Å². The summed E-state index contributed by atoms with van der Waals surface area (Å²) in [5, 5.41) is 11.5. The SMILES string of the molecule is O=C[C@@]1(O)CC2CCC1[C@@H]2S(=O)(=O)c1cc(C(=O)Nc2cc(F)c(F)c(F)c2)ccc1Cl. The Labute approximate surface area is 186 Å². The van der Waals surface area contributed by atoms with Gasteiger partial charge in [0, 0.05) is 29.3 Å². The second-order valence-electron chi connectivity index (χ2n) is 8.12. The summed E-state index contributed by atoms with van der Waals surface area (Å²) < 4.78 is 66.7. The van der Waals surface area contributed by atoms with Gasteiger partial charge in [-0.2, -0.15) is 0 Å². The van der Waals surface area contributed by atoms with Gasteiger partial charge in [0.2, 0.25) is 0 Å². The van der Waals surface area contributed by atoms with Crippen LogP contribution in [-0.2, 0) is 14.6 Å². The highest BCUT2D eigenvalue weighted by atomic mass is 35.5. The Morgan fingerprint density at radius 3 is 2.41 bits per heavy atom. The van der Waals surface area contributed by atoms with Gasteiger partial charge in [0.25, 0.3) is 5.91 Å². The van der Waals surface area contributed by atoms with Gasteiger partial charge in [-0.05, 0) is 43.4 Å². The molecule has 0 heterocycles. The highest BCUT2D eigenvalue weighted by molar-refractivity contribution is 7.92. The zero-order chi connectivity index (χ0) is 23.4. The van der Waals surface area contributed by atoms with Crippen LogP contribution in [0.5, 0.6) is 0 Å². The quantitative estimate of drug-likeness (QED) is 0.496. The first-order chi connectivity index (χ1) is 15.0. The lowest BCUT2D eigenvalue weighted by atomic mass is 9.86. The van der Waals surface area contributed by atoms with E-state index in [4.69, 9.17) is 11.6 Å². The van der Waals surface area contributed by atoms with Gasteiger partial charge in [-0.3, -0.25) is 4.79 Å². The van der Waals surface area contributed by atoms with Crippen LogP contribution in [0.2, 0.25) is 5.02 Å². The number of hydrogen-bond acceptors (Lipinski definition) is 5. The topological polar surface area (TPSA) is 101 Å². The molecule has 0 aliphatic heterocycles. The molecule has 2 aromatic carbocycles. The van der Waals surface area contributed by atoms with Gasteiger partial charge in [0.05, 0.1) is 15.2 Å². The molecule has 32 heavy (non-hydrogen) atoms. The molecule has 0 saturated heterocycles. The molecule has 2 saturated carbocycles. The van der Waals surface area contributed by atoms with Crippen LogP contribution in [-0.4, -0.2) is 36.6 Å². The molecule has 4 atom stereocenters. The Morgan fingerprint density at radius 2 is 1.81 bits per heavy atom. The summed E-state index contributed by atoms with van der Waals surface area (Å²) in [6.45, 7) is 0. The van der Waals surface area contributed by atoms with Crippen molar-refractivity contribution in [2.75, 3.05) is 5.32 Å². The molecule has 1 amide bonds. The van der Waals surface area contributed by atoms with E-state index in [0.717, 1.165) is 6.07 Å². The number of aldehydes is 1. The standard InChI is InChI=1S/C21H17ClF3NO5S/c22-14-4-2-10(20(28)26-12-6-15(23)18(25)16(24)7-12)5-17(14)32(30,31)19-11-1-3-13(19)21(29,8-11)9-27/h2,4-7,9,11,13,19,29H,1,3,8H2,(H,26,28)/t11?,13?,19-,21+/m1/s1. The summed E-state index contributed by atoms with van der Waals surface area (Å²) >= 11 is 6.12. The predicted octanol–water partition coefficient (Wildman–Crippen LogP) is 3.51. The number of aliphatic hydroxyl groups is 1. The molecule has 0 spiro atoms. The molecule has 0 aromatic heterocycles. The Balaban J connectivity index is 1.66. The molecule has 11 heteroatoms. The van der Waals surface area contributed by atoms with Crippen molar-refractivity contribution in [2.24, 2.45) is 11.8 Å². The van der Waals surface area contributed by atoms with Crippen LogP contribution < -0.4 is 5.32 Å². The second-order valence-corrected chi connectivity index (χ2v) is 10.6.